The van der Waals surface area contributed by atoms with Crippen LogP contribution in [0.2, 0.25) is 0 Å². The highest BCUT2D eigenvalue weighted by atomic mass is 32.1. The average Bonchev–Trinajstić information content (AvgIpc) is 2.73. The van der Waals surface area contributed by atoms with E-state index in [1.165, 1.54) is 17.7 Å². The molecule has 0 aromatic carbocycles. The van der Waals surface area contributed by atoms with Crippen LogP contribution in [0.1, 0.15) is 36.6 Å². The van der Waals surface area contributed by atoms with Gasteiger partial charge in [0.05, 0.1) is 16.7 Å². The number of nitrogens with one attached hydrogen (secondary N) is 1. The van der Waals surface area contributed by atoms with Gasteiger partial charge in [-0.1, -0.05) is 0 Å². The van der Waals surface area contributed by atoms with Crippen molar-refractivity contribution in [1.29, 1.82) is 0 Å². The SMILES string of the molecule is Cc1ncc(CNCC2CCC(C)(C)O2)s1. The highest BCUT2D eigenvalue weighted by molar-refractivity contribution is 7.11. The highest BCUT2D eigenvalue weighted by Gasteiger charge is 2.31. The maximum Gasteiger partial charge on any atom is 0.0897 e. The molecule has 1 aliphatic rings. The molecule has 16 heavy (non-hydrogen) atoms. The Labute approximate surface area is 101 Å². The second kappa shape index (κ2) is 4.82. The molecule has 1 N–H and O–H groups in total. The molecule has 0 aliphatic carbocycles. The Morgan fingerprint density at radius 3 is 3.00 bits per heavy atom. The fraction of sp³-hybridized carbons (Fsp3) is 0.750. The molecule has 0 radical (unpaired) electrons. The zero-order valence-electron chi connectivity index (χ0n) is 10.2. The molecule has 1 aromatic rings. The van der Waals surface area contributed by atoms with Gasteiger partial charge in [0.15, 0.2) is 0 Å². The minimum atomic E-state index is 0.0768. The van der Waals surface area contributed by atoms with Gasteiger partial charge in [-0.15, -0.1) is 11.3 Å². The summed E-state index contributed by atoms with van der Waals surface area (Å²) in [6.45, 7) is 8.22. The van der Waals surface area contributed by atoms with Gasteiger partial charge in [-0.3, -0.25) is 0 Å². The van der Waals surface area contributed by atoms with Crippen molar-refractivity contribution in [3.8, 4) is 0 Å². The minimum absolute atomic E-state index is 0.0768. The van der Waals surface area contributed by atoms with Crippen molar-refractivity contribution in [2.45, 2.75) is 51.9 Å². The summed E-state index contributed by atoms with van der Waals surface area (Å²) in [6.07, 6.45) is 4.66. The number of hydrogen-bond acceptors (Lipinski definition) is 4. The molecule has 1 atom stereocenters. The predicted molar refractivity (Wildman–Crippen MR) is 66.7 cm³/mol. The van der Waals surface area contributed by atoms with E-state index in [1.807, 2.05) is 13.1 Å². The highest BCUT2D eigenvalue weighted by Crippen LogP contribution is 2.28. The number of ether oxygens (including phenoxy) is 1. The Morgan fingerprint density at radius 2 is 2.44 bits per heavy atom. The fourth-order valence-electron chi connectivity index (χ4n) is 2.06. The maximum absolute atomic E-state index is 5.92. The van der Waals surface area contributed by atoms with E-state index >= 15 is 0 Å². The van der Waals surface area contributed by atoms with Crippen molar-refractivity contribution < 1.29 is 4.74 Å². The molecule has 2 heterocycles. The first kappa shape index (κ1) is 12.0. The first-order chi connectivity index (χ1) is 7.55. The number of hydrogen-bond donors (Lipinski definition) is 1. The summed E-state index contributed by atoms with van der Waals surface area (Å²) in [7, 11) is 0. The Balaban J connectivity index is 1.69. The smallest absolute Gasteiger partial charge is 0.0897 e. The van der Waals surface area contributed by atoms with Crippen molar-refractivity contribution in [3.05, 3.63) is 16.1 Å². The van der Waals surface area contributed by atoms with Crippen LogP contribution in [0.4, 0.5) is 0 Å². The molecule has 2 rings (SSSR count). The molecule has 3 nitrogen and oxygen atoms in total. The molecule has 90 valence electrons. The van der Waals surface area contributed by atoms with Gasteiger partial charge in [-0.2, -0.15) is 0 Å². The molecule has 1 aromatic heterocycles. The van der Waals surface area contributed by atoms with Gasteiger partial charge in [0.2, 0.25) is 0 Å². The van der Waals surface area contributed by atoms with E-state index in [-0.39, 0.29) is 5.60 Å². The predicted octanol–water partition coefficient (Wildman–Crippen LogP) is 2.50. The minimum Gasteiger partial charge on any atom is -0.371 e. The lowest BCUT2D eigenvalue weighted by Crippen LogP contribution is -2.28. The third-order valence-electron chi connectivity index (χ3n) is 2.89. The summed E-state index contributed by atoms with van der Waals surface area (Å²) in [5, 5.41) is 4.57. The van der Waals surface area contributed by atoms with Gasteiger partial charge in [0.1, 0.15) is 0 Å². The summed E-state index contributed by atoms with van der Waals surface area (Å²) in [5.41, 5.74) is 0.0768. The third-order valence-corrected chi connectivity index (χ3v) is 3.81. The monoisotopic (exact) mass is 240 g/mol. The van der Waals surface area contributed by atoms with Crippen molar-refractivity contribution in [1.82, 2.24) is 10.3 Å². The average molecular weight is 240 g/mol. The quantitative estimate of drug-likeness (QED) is 0.878. The molecule has 0 bridgehead atoms. The lowest BCUT2D eigenvalue weighted by atomic mass is 10.1. The zero-order chi connectivity index (χ0) is 11.6. The van der Waals surface area contributed by atoms with Crippen LogP contribution in [0.25, 0.3) is 0 Å². The van der Waals surface area contributed by atoms with E-state index in [1.54, 1.807) is 11.3 Å². The van der Waals surface area contributed by atoms with Gasteiger partial charge < -0.3 is 10.1 Å². The van der Waals surface area contributed by atoms with E-state index in [0.29, 0.717) is 6.10 Å². The molecule has 0 spiro atoms. The van der Waals surface area contributed by atoms with E-state index in [9.17, 15) is 0 Å². The number of aryl methyl sites for hydroxylation is 1. The lowest BCUT2D eigenvalue weighted by molar-refractivity contribution is -0.0142. The standard InChI is InChI=1S/C12H20N2OS/c1-9-14-8-11(16-9)7-13-6-10-4-5-12(2,3)15-10/h8,10,13H,4-7H2,1-3H3. The third kappa shape index (κ3) is 3.27. The second-order valence-corrected chi connectivity index (χ2v) is 6.33. The van der Waals surface area contributed by atoms with Gasteiger partial charge >= 0.3 is 0 Å². The molecule has 1 aliphatic heterocycles. The van der Waals surface area contributed by atoms with Gasteiger partial charge in [-0.05, 0) is 33.6 Å². The topological polar surface area (TPSA) is 34.2 Å². The van der Waals surface area contributed by atoms with Gasteiger partial charge in [-0.25, -0.2) is 4.98 Å². The summed E-state index contributed by atoms with van der Waals surface area (Å²) in [5.74, 6) is 0. The second-order valence-electron chi connectivity index (χ2n) is 5.01. The molecular formula is C12H20N2OS. The Hall–Kier alpha value is -0.450. The van der Waals surface area contributed by atoms with Crippen LogP contribution in [0, 0.1) is 6.92 Å². The van der Waals surface area contributed by atoms with Gasteiger partial charge in [0, 0.05) is 24.2 Å². The van der Waals surface area contributed by atoms with Crippen molar-refractivity contribution in [3.63, 3.8) is 0 Å². The van der Waals surface area contributed by atoms with Crippen LogP contribution < -0.4 is 5.32 Å². The van der Waals surface area contributed by atoms with Gasteiger partial charge in [0.25, 0.3) is 0 Å². The molecule has 0 amide bonds. The molecular weight excluding hydrogens is 220 g/mol. The molecule has 4 heteroatoms. The Kier molecular flexibility index (Phi) is 3.62. The van der Waals surface area contributed by atoms with Crippen LogP contribution in [0.15, 0.2) is 6.20 Å². The van der Waals surface area contributed by atoms with E-state index in [2.05, 4.69) is 24.1 Å². The van der Waals surface area contributed by atoms with Crippen LogP contribution >= 0.6 is 11.3 Å². The zero-order valence-corrected chi connectivity index (χ0v) is 11.1. The first-order valence-corrected chi connectivity index (χ1v) is 6.67. The number of rotatable bonds is 4. The number of aromatic nitrogens is 1. The number of nitrogens with zero attached hydrogens (tertiary/aromatic N) is 1. The summed E-state index contributed by atoms with van der Waals surface area (Å²) < 4.78 is 5.92. The fourth-order valence-corrected chi connectivity index (χ4v) is 2.83. The van der Waals surface area contributed by atoms with Crippen molar-refractivity contribution in [2.24, 2.45) is 0 Å². The van der Waals surface area contributed by atoms with Crippen LogP contribution in [0.5, 0.6) is 0 Å². The summed E-state index contributed by atoms with van der Waals surface area (Å²) in [6, 6.07) is 0. The normalized spacial score (nSPS) is 23.8. The molecule has 1 saturated heterocycles. The van der Waals surface area contributed by atoms with Crippen LogP contribution in [-0.4, -0.2) is 23.2 Å². The van der Waals surface area contributed by atoms with Crippen molar-refractivity contribution >= 4 is 11.3 Å². The molecule has 0 saturated carbocycles. The first-order valence-electron chi connectivity index (χ1n) is 5.85. The van der Waals surface area contributed by atoms with Crippen LogP contribution in [-0.2, 0) is 11.3 Å². The van der Waals surface area contributed by atoms with Crippen LogP contribution in [0.3, 0.4) is 0 Å². The van der Waals surface area contributed by atoms with Crippen molar-refractivity contribution in [2.75, 3.05) is 6.54 Å². The Morgan fingerprint density at radius 1 is 1.62 bits per heavy atom. The number of thiazole rings is 1. The lowest BCUT2D eigenvalue weighted by Gasteiger charge is -2.19. The maximum atomic E-state index is 5.92. The van der Waals surface area contributed by atoms with E-state index in [4.69, 9.17) is 4.74 Å². The van der Waals surface area contributed by atoms with E-state index in [0.717, 1.165) is 18.1 Å². The Bertz CT molecular complexity index is 349. The van der Waals surface area contributed by atoms with E-state index < -0.39 is 0 Å². The molecule has 1 fully saturated rings. The molecule has 1 unspecified atom stereocenters. The largest absolute Gasteiger partial charge is 0.371 e. The summed E-state index contributed by atoms with van der Waals surface area (Å²) in [4.78, 5) is 5.54. The summed E-state index contributed by atoms with van der Waals surface area (Å²) >= 11 is 1.76.